The molecule has 0 heterocycles. The van der Waals surface area contributed by atoms with E-state index in [0.717, 1.165) is 19.4 Å². The largest absolute Gasteiger partial charge is 0.466 e. The highest BCUT2D eigenvalue weighted by Crippen LogP contribution is 2.29. The predicted octanol–water partition coefficient (Wildman–Crippen LogP) is 6.01. The lowest BCUT2D eigenvalue weighted by atomic mass is 9.93. The third-order valence-corrected chi connectivity index (χ3v) is 5.54. The molecule has 2 rings (SSSR count). The lowest BCUT2D eigenvalue weighted by molar-refractivity contribution is -0.145. The van der Waals surface area contributed by atoms with Crippen LogP contribution < -0.4 is 0 Å². The van der Waals surface area contributed by atoms with Crippen molar-refractivity contribution in [3.8, 4) is 0 Å². The Morgan fingerprint density at radius 2 is 1.57 bits per heavy atom. The highest BCUT2D eigenvalue weighted by molar-refractivity contribution is 5.70. The minimum Gasteiger partial charge on any atom is -0.466 e. The van der Waals surface area contributed by atoms with Gasteiger partial charge in [0.2, 0.25) is 0 Å². The average molecular weight is 382 g/mol. The molecule has 0 aliphatic carbocycles. The monoisotopic (exact) mass is 381 g/mol. The van der Waals surface area contributed by atoms with Crippen LogP contribution in [0.1, 0.15) is 64.1 Å². The second kappa shape index (κ2) is 11.7. The maximum atomic E-state index is 12.4. The number of carbonyl (C=O) groups excluding carboxylic acids is 1. The van der Waals surface area contributed by atoms with E-state index in [1.54, 1.807) is 0 Å². The topological polar surface area (TPSA) is 29.5 Å². The summed E-state index contributed by atoms with van der Waals surface area (Å²) in [7, 11) is 0. The van der Waals surface area contributed by atoms with E-state index in [0.29, 0.717) is 18.9 Å². The third kappa shape index (κ3) is 6.79. The van der Waals surface area contributed by atoms with Crippen LogP contribution in [0.5, 0.6) is 0 Å². The van der Waals surface area contributed by atoms with Crippen LogP contribution in [0, 0.1) is 5.92 Å². The Balaban J connectivity index is 2.33. The van der Waals surface area contributed by atoms with Crippen molar-refractivity contribution >= 4 is 5.97 Å². The molecule has 0 saturated carbocycles. The van der Waals surface area contributed by atoms with Crippen molar-refractivity contribution in [2.24, 2.45) is 5.92 Å². The molecule has 152 valence electrons. The molecule has 28 heavy (non-hydrogen) atoms. The predicted molar refractivity (Wildman–Crippen MR) is 116 cm³/mol. The van der Waals surface area contributed by atoms with Crippen molar-refractivity contribution in [1.29, 1.82) is 0 Å². The molecule has 0 spiro atoms. The fourth-order valence-electron chi connectivity index (χ4n) is 3.68. The zero-order chi connectivity index (χ0) is 20.4. The molecule has 0 aliphatic rings. The van der Waals surface area contributed by atoms with E-state index in [2.05, 4.69) is 74.2 Å². The fourth-order valence-corrected chi connectivity index (χ4v) is 3.68. The van der Waals surface area contributed by atoms with E-state index in [1.807, 2.05) is 19.1 Å². The molecular formula is C25H35NO2. The van der Waals surface area contributed by atoms with Crippen molar-refractivity contribution in [2.75, 3.05) is 6.61 Å². The number of nitrogens with zero attached hydrogens (tertiary/aromatic N) is 1. The van der Waals surface area contributed by atoms with Crippen LogP contribution in [0.4, 0.5) is 0 Å². The third-order valence-electron chi connectivity index (χ3n) is 5.54. The molecule has 0 amide bonds. The van der Waals surface area contributed by atoms with Gasteiger partial charge in [-0.05, 0) is 37.3 Å². The van der Waals surface area contributed by atoms with Crippen LogP contribution in [0.25, 0.3) is 0 Å². The summed E-state index contributed by atoms with van der Waals surface area (Å²) < 4.78 is 5.31. The first-order valence-corrected chi connectivity index (χ1v) is 10.5. The van der Waals surface area contributed by atoms with Crippen LogP contribution in [0.3, 0.4) is 0 Å². The van der Waals surface area contributed by atoms with Gasteiger partial charge in [0.25, 0.3) is 0 Å². The van der Waals surface area contributed by atoms with Crippen molar-refractivity contribution < 1.29 is 9.53 Å². The molecule has 2 aromatic carbocycles. The van der Waals surface area contributed by atoms with E-state index in [-0.39, 0.29) is 18.1 Å². The number of hydrogen-bond acceptors (Lipinski definition) is 3. The molecular weight excluding hydrogens is 346 g/mol. The Bertz CT molecular complexity index is 686. The molecule has 0 bridgehead atoms. The van der Waals surface area contributed by atoms with Crippen LogP contribution in [-0.4, -0.2) is 23.5 Å². The summed E-state index contributed by atoms with van der Waals surface area (Å²) in [5, 5.41) is 0. The molecule has 3 atom stereocenters. The summed E-state index contributed by atoms with van der Waals surface area (Å²) in [6.07, 6.45) is 2.53. The minimum atomic E-state index is -0.103. The summed E-state index contributed by atoms with van der Waals surface area (Å²) >= 11 is 0. The fraction of sp³-hybridized carbons (Fsp3) is 0.480. The van der Waals surface area contributed by atoms with Crippen LogP contribution in [-0.2, 0) is 16.1 Å². The van der Waals surface area contributed by atoms with Crippen molar-refractivity contribution in [3.05, 3.63) is 71.8 Å². The summed E-state index contributed by atoms with van der Waals surface area (Å²) in [5.41, 5.74) is 2.54. The van der Waals surface area contributed by atoms with Crippen LogP contribution >= 0.6 is 0 Å². The van der Waals surface area contributed by atoms with Gasteiger partial charge in [0.15, 0.2) is 0 Å². The highest BCUT2D eigenvalue weighted by Gasteiger charge is 2.28. The Kier molecular flexibility index (Phi) is 9.22. The van der Waals surface area contributed by atoms with E-state index in [1.165, 1.54) is 11.1 Å². The molecule has 1 unspecified atom stereocenters. The maximum Gasteiger partial charge on any atom is 0.307 e. The van der Waals surface area contributed by atoms with Gasteiger partial charge in [0.05, 0.1) is 13.0 Å². The lowest BCUT2D eigenvalue weighted by Gasteiger charge is -2.38. The average Bonchev–Trinajstić information content (AvgIpc) is 2.72. The molecule has 0 fully saturated rings. The second-order valence-electron chi connectivity index (χ2n) is 7.66. The first-order valence-electron chi connectivity index (χ1n) is 10.5. The van der Waals surface area contributed by atoms with E-state index in [4.69, 9.17) is 4.74 Å². The van der Waals surface area contributed by atoms with Gasteiger partial charge in [-0.25, -0.2) is 0 Å². The molecule has 0 N–H and O–H groups in total. The summed E-state index contributed by atoms with van der Waals surface area (Å²) in [5.74, 6) is 0.454. The zero-order valence-corrected chi connectivity index (χ0v) is 17.8. The minimum absolute atomic E-state index is 0.103. The molecule has 0 aliphatic heterocycles. The molecule has 0 radical (unpaired) electrons. The van der Waals surface area contributed by atoms with Gasteiger partial charge in [0.1, 0.15) is 0 Å². The van der Waals surface area contributed by atoms with Crippen LogP contribution in [0.2, 0.25) is 0 Å². The van der Waals surface area contributed by atoms with Crippen molar-refractivity contribution in [3.63, 3.8) is 0 Å². The number of esters is 1. The van der Waals surface area contributed by atoms with Gasteiger partial charge in [-0.3, -0.25) is 9.69 Å². The Morgan fingerprint density at radius 1 is 0.964 bits per heavy atom. The normalized spacial score (nSPS) is 14.5. The zero-order valence-electron chi connectivity index (χ0n) is 17.8. The number of benzene rings is 2. The van der Waals surface area contributed by atoms with E-state index in [9.17, 15) is 4.79 Å². The number of hydrogen-bond donors (Lipinski definition) is 0. The first-order chi connectivity index (χ1) is 13.5. The second-order valence-corrected chi connectivity index (χ2v) is 7.66. The van der Waals surface area contributed by atoms with Gasteiger partial charge in [-0.1, -0.05) is 80.9 Å². The summed E-state index contributed by atoms with van der Waals surface area (Å²) in [4.78, 5) is 14.9. The standard InChI is InChI=1S/C25H35NO2/c1-5-20(3)17-24(18-25(27)28-6-2)26(19-22-13-9-7-10-14-22)21(4)23-15-11-8-12-16-23/h7-16,20-21,24H,5-6,17-19H2,1-4H3/t20-,21?,24+/m1/s1. The molecule has 3 nitrogen and oxygen atoms in total. The SMILES string of the molecule is CCOC(=O)C[C@H](C[C@H](C)CC)N(Cc1ccccc1)C(C)c1ccccc1. The van der Waals surface area contributed by atoms with Gasteiger partial charge < -0.3 is 4.74 Å². The lowest BCUT2D eigenvalue weighted by Crippen LogP contribution is -2.39. The molecule has 3 heteroatoms. The van der Waals surface area contributed by atoms with Gasteiger partial charge in [-0.2, -0.15) is 0 Å². The smallest absolute Gasteiger partial charge is 0.307 e. The van der Waals surface area contributed by atoms with Crippen molar-refractivity contribution in [2.45, 2.75) is 65.6 Å². The molecule has 0 saturated heterocycles. The van der Waals surface area contributed by atoms with Gasteiger partial charge in [0, 0.05) is 18.6 Å². The quantitative estimate of drug-likeness (QED) is 0.447. The van der Waals surface area contributed by atoms with Crippen molar-refractivity contribution in [1.82, 2.24) is 4.90 Å². The Morgan fingerprint density at radius 3 is 2.14 bits per heavy atom. The van der Waals surface area contributed by atoms with Crippen LogP contribution in [0.15, 0.2) is 60.7 Å². The van der Waals surface area contributed by atoms with Gasteiger partial charge in [-0.15, -0.1) is 0 Å². The highest BCUT2D eigenvalue weighted by atomic mass is 16.5. The number of carbonyl (C=O) groups is 1. The van der Waals surface area contributed by atoms with E-state index < -0.39 is 0 Å². The number of rotatable bonds is 11. The summed E-state index contributed by atoms with van der Waals surface area (Å²) in [6, 6.07) is 21.4. The molecule has 2 aromatic rings. The first kappa shape index (κ1) is 22.2. The Hall–Kier alpha value is -2.13. The molecule has 0 aromatic heterocycles. The maximum absolute atomic E-state index is 12.4. The van der Waals surface area contributed by atoms with E-state index >= 15 is 0 Å². The van der Waals surface area contributed by atoms with Gasteiger partial charge >= 0.3 is 5.97 Å². The summed E-state index contributed by atoms with van der Waals surface area (Å²) in [6.45, 7) is 9.85. The number of ether oxygens (including phenoxy) is 1. The Labute approximate surface area is 170 Å².